The van der Waals surface area contributed by atoms with Gasteiger partial charge < -0.3 is 9.72 Å². The van der Waals surface area contributed by atoms with E-state index < -0.39 is 0 Å². The average molecular weight is 401 g/mol. The van der Waals surface area contributed by atoms with Gasteiger partial charge >= 0.3 is 0 Å². The van der Waals surface area contributed by atoms with Gasteiger partial charge in [-0.15, -0.1) is 0 Å². The standard InChI is InChI=1S/C27H19N3O/c1-31-20-13-11-18(12-14-20)22-15-26(19-7-3-2-4-8-19)30-27(23(22)16-28)24-17-29-25-10-6-5-9-21(24)25/h2-15,17,29H,1H3. The van der Waals surface area contributed by atoms with Gasteiger partial charge in [-0.25, -0.2) is 4.98 Å². The number of rotatable bonds is 4. The van der Waals surface area contributed by atoms with Gasteiger partial charge in [-0.2, -0.15) is 5.26 Å². The van der Waals surface area contributed by atoms with Crippen molar-refractivity contribution in [3.05, 3.63) is 96.7 Å². The Labute approximate surface area is 180 Å². The molecule has 0 radical (unpaired) electrons. The normalized spacial score (nSPS) is 10.7. The minimum Gasteiger partial charge on any atom is -0.497 e. The molecule has 0 spiro atoms. The van der Waals surface area contributed by atoms with E-state index in [1.807, 2.05) is 91.1 Å². The molecule has 2 aromatic heterocycles. The molecular formula is C27H19N3O. The molecule has 0 aliphatic rings. The van der Waals surface area contributed by atoms with E-state index in [2.05, 4.69) is 11.1 Å². The fourth-order valence-electron chi connectivity index (χ4n) is 3.88. The third-order valence-corrected chi connectivity index (χ3v) is 5.45. The molecule has 0 bridgehead atoms. The van der Waals surface area contributed by atoms with Crippen LogP contribution in [-0.4, -0.2) is 17.1 Å². The summed E-state index contributed by atoms with van der Waals surface area (Å²) in [4.78, 5) is 8.26. The first-order chi connectivity index (χ1) is 15.3. The lowest BCUT2D eigenvalue weighted by Gasteiger charge is -2.13. The number of nitrogens with one attached hydrogen (secondary N) is 1. The zero-order valence-corrected chi connectivity index (χ0v) is 17.0. The smallest absolute Gasteiger partial charge is 0.118 e. The Morgan fingerprint density at radius 1 is 0.839 bits per heavy atom. The minimum atomic E-state index is 0.551. The molecule has 0 fully saturated rings. The molecule has 4 heteroatoms. The summed E-state index contributed by atoms with van der Waals surface area (Å²) < 4.78 is 5.30. The van der Waals surface area contributed by atoms with Gasteiger partial charge in [0.25, 0.3) is 0 Å². The van der Waals surface area contributed by atoms with E-state index in [1.165, 1.54) is 0 Å². The Bertz CT molecular complexity index is 1410. The second-order valence-corrected chi connectivity index (χ2v) is 7.23. The van der Waals surface area contributed by atoms with Crippen molar-refractivity contribution in [2.75, 3.05) is 7.11 Å². The van der Waals surface area contributed by atoms with E-state index in [9.17, 15) is 5.26 Å². The zero-order chi connectivity index (χ0) is 21.2. The van der Waals surface area contributed by atoms with Crippen molar-refractivity contribution in [1.29, 1.82) is 5.26 Å². The lowest BCUT2D eigenvalue weighted by atomic mass is 9.94. The van der Waals surface area contributed by atoms with E-state index in [1.54, 1.807) is 7.11 Å². The molecule has 31 heavy (non-hydrogen) atoms. The lowest BCUT2D eigenvalue weighted by Crippen LogP contribution is -1.97. The Kier molecular flexibility index (Phi) is 4.70. The Hall–Kier alpha value is -4.36. The zero-order valence-electron chi connectivity index (χ0n) is 17.0. The molecule has 0 aliphatic carbocycles. The summed E-state index contributed by atoms with van der Waals surface area (Å²) in [6.07, 6.45) is 1.93. The molecule has 3 aromatic carbocycles. The van der Waals surface area contributed by atoms with Crippen LogP contribution in [0.5, 0.6) is 5.75 Å². The number of fused-ring (bicyclic) bond motifs is 1. The van der Waals surface area contributed by atoms with Gasteiger partial charge in [0.2, 0.25) is 0 Å². The summed E-state index contributed by atoms with van der Waals surface area (Å²) >= 11 is 0. The molecular weight excluding hydrogens is 382 g/mol. The van der Waals surface area contributed by atoms with Gasteiger partial charge in [-0.1, -0.05) is 60.7 Å². The molecule has 0 amide bonds. The molecule has 5 rings (SSSR count). The molecule has 5 aromatic rings. The van der Waals surface area contributed by atoms with E-state index in [-0.39, 0.29) is 0 Å². The van der Waals surface area contributed by atoms with Gasteiger partial charge in [0.15, 0.2) is 0 Å². The molecule has 4 nitrogen and oxygen atoms in total. The van der Waals surface area contributed by atoms with Gasteiger partial charge in [0.1, 0.15) is 11.8 Å². The van der Waals surface area contributed by atoms with Crippen molar-refractivity contribution in [1.82, 2.24) is 9.97 Å². The van der Waals surface area contributed by atoms with Crippen molar-refractivity contribution < 1.29 is 4.74 Å². The molecule has 0 saturated carbocycles. The average Bonchev–Trinajstić information content (AvgIpc) is 3.28. The predicted molar refractivity (Wildman–Crippen MR) is 124 cm³/mol. The number of ether oxygens (including phenoxy) is 1. The number of hydrogen-bond acceptors (Lipinski definition) is 3. The highest BCUT2D eigenvalue weighted by atomic mass is 16.5. The highest BCUT2D eigenvalue weighted by molar-refractivity contribution is 5.97. The van der Waals surface area contributed by atoms with Crippen LogP contribution in [0.1, 0.15) is 5.56 Å². The van der Waals surface area contributed by atoms with E-state index >= 15 is 0 Å². The van der Waals surface area contributed by atoms with Gasteiger partial charge in [0.05, 0.1) is 24.1 Å². The van der Waals surface area contributed by atoms with Gasteiger partial charge in [0, 0.05) is 33.8 Å². The summed E-state index contributed by atoms with van der Waals surface area (Å²) in [5.41, 5.74) is 6.77. The van der Waals surface area contributed by atoms with E-state index in [4.69, 9.17) is 9.72 Å². The Balaban J connectivity index is 1.81. The first-order valence-electron chi connectivity index (χ1n) is 10.00. The van der Waals surface area contributed by atoms with Gasteiger partial charge in [-0.05, 0) is 29.8 Å². The van der Waals surface area contributed by atoms with Crippen LogP contribution in [0.25, 0.3) is 44.5 Å². The second kappa shape index (κ2) is 7.81. The van der Waals surface area contributed by atoms with Crippen LogP contribution in [0.3, 0.4) is 0 Å². The van der Waals surface area contributed by atoms with Crippen LogP contribution in [0, 0.1) is 11.3 Å². The largest absolute Gasteiger partial charge is 0.497 e. The summed E-state index contributed by atoms with van der Waals surface area (Å²) in [5, 5.41) is 11.2. The molecule has 148 valence electrons. The second-order valence-electron chi connectivity index (χ2n) is 7.23. The van der Waals surface area contributed by atoms with E-state index in [0.717, 1.165) is 44.6 Å². The number of methoxy groups -OCH3 is 1. The predicted octanol–water partition coefficient (Wildman–Crippen LogP) is 6.44. The van der Waals surface area contributed by atoms with Crippen molar-refractivity contribution >= 4 is 10.9 Å². The first-order valence-corrected chi connectivity index (χ1v) is 10.00. The molecule has 0 atom stereocenters. The highest BCUT2D eigenvalue weighted by Gasteiger charge is 2.19. The topological polar surface area (TPSA) is 61.7 Å². The van der Waals surface area contributed by atoms with Crippen molar-refractivity contribution in [3.8, 4) is 45.5 Å². The van der Waals surface area contributed by atoms with Crippen LogP contribution in [0.2, 0.25) is 0 Å². The van der Waals surface area contributed by atoms with Crippen molar-refractivity contribution in [3.63, 3.8) is 0 Å². The number of aromatic amines is 1. The van der Waals surface area contributed by atoms with Crippen LogP contribution in [0.4, 0.5) is 0 Å². The quantitative estimate of drug-likeness (QED) is 0.377. The SMILES string of the molecule is COc1ccc(-c2cc(-c3ccccc3)nc(-c3c[nH]c4ccccc34)c2C#N)cc1. The van der Waals surface area contributed by atoms with Crippen LogP contribution >= 0.6 is 0 Å². The minimum absolute atomic E-state index is 0.551. The fourth-order valence-corrected chi connectivity index (χ4v) is 3.88. The number of para-hydroxylation sites is 1. The number of nitriles is 1. The maximum Gasteiger partial charge on any atom is 0.118 e. The number of hydrogen-bond donors (Lipinski definition) is 1. The lowest BCUT2D eigenvalue weighted by molar-refractivity contribution is 0.415. The summed E-state index contributed by atoms with van der Waals surface area (Å²) in [7, 11) is 1.64. The maximum atomic E-state index is 10.2. The number of pyridine rings is 1. The number of aromatic nitrogens is 2. The molecule has 0 saturated heterocycles. The summed E-state index contributed by atoms with van der Waals surface area (Å²) in [6.45, 7) is 0. The van der Waals surface area contributed by atoms with Gasteiger partial charge in [-0.3, -0.25) is 0 Å². The monoisotopic (exact) mass is 401 g/mol. The molecule has 0 unspecified atom stereocenters. The summed E-state index contributed by atoms with van der Waals surface area (Å²) in [6, 6.07) is 30.3. The Morgan fingerprint density at radius 2 is 1.58 bits per heavy atom. The molecule has 2 heterocycles. The van der Waals surface area contributed by atoms with Crippen LogP contribution in [-0.2, 0) is 0 Å². The number of benzene rings is 3. The van der Waals surface area contributed by atoms with Crippen molar-refractivity contribution in [2.24, 2.45) is 0 Å². The number of nitrogens with zero attached hydrogens (tertiary/aromatic N) is 2. The summed E-state index contributed by atoms with van der Waals surface area (Å²) in [5.74, 6) is 0.774. The van der Waals surface area contributed by atoms with Crippen LogP contribution in [0.15, 0.2) is 91.1 Å². The maximum absolute atomic E-state index is 10.2. The molecule has 1 N–H and O–H groups in total. The Morgan fingerprint density at radius 3 is 2.32 bits per heavy atom. The first kappa shape index (κ1) is 18.7. The van der Waals surface area contributed by atoms with Crippen molar-refractivity contribution in [2.45, 2.75) is 0 Å². The molecule has 0 aliphatic heterocycles. The van der Waals surface area contributed by atoms with Crippen LogP contribution < -0.4 is 4.74 Å². The highest BCUT2D eigenvalue weighted by Crippen LogP contribution is 2.37. The number of H-pyrrole nitrogens is 1. The third-order valence-electron chi connectivity index (χ3n) is 5.45. The third kappa shape index (κ3) is 3.33. The van der Waals surface area contributed by atoms with E-state index in [0.29, 0.717) is 11.3 Å². The fraction of sp³-hybridized carbons (Fsp3) is 0.0370.